The number of hydrogen-bond acceptors (Lipinski definition) is 7. The summed E-state index contributed by atoms with van der Waals surface area (Å²) in [5, 5.41) is 11.2. The van der Waals surface area contributed by atoms with Crippen LogP contribution in [-0.2, 0) is 9.53 Å². The first-order valence-electron chi connectivity index (χ1n) is 9.53. The number of nitrogens with zero attached hydrogens (tertiary/aromatic N) is 3. The normalized spacial score (nSPS) is 20.4. The quantitative estimate of drug-likeness (QED) is 0.430. The Morgan fingerprint density at radius 3 is 2.54 bits per heavy atom. The number of nitro groups is 1. The van der Waals surface area contributed by atoms with E-state index in [1.165, 1.54) is 24.9 Å². The van der Waals surface area contributed by atoms with E-state index in [0.717, 1.165) is 38.8 Å². The molecule has 0 N–H and O–H groups in total. The van der Waals surface area contributed by atoms with Crippen LogP contribution >= 0.6 is 11.8 Å². The lowest BCUT2D eigenvalue weighted by Gasteiger charge is -2.31. The molecule has 0 spiro atoms. The zero-order valence-corrected chi connectivity index (χ0v) is 16.8. The molecule has 0 radical (unpaired) electrons. The molecule has 1 atom stereocenters. The molecule has 0 bridgehead atoms. The van der Waals surface area contributed by atoms with Crippen molar-refractivity contribution in [3.8, 4) is 0 Å². The molecular weight excluding hydrogens is 382 g/mol. The molecule has 9 heteroatoms. The molecule has 2 fully saturated rings. The van der Waals surface area contributed by atoms with E-state index in [1.807, 2.05) is 4.90 Å². The van der Waals surface area contributed by atoms with Gasteiger partial charge in [-0.25, -0.2) is 0 Å². The second kappa shape index (κ2) is 9.27. The molecule has 28 heavy (non-hydrogen) atoms. The summed E-state index contributed by atoms with van der Waals surface area (Å²) >= 11 is 1.46. The topological polar surface area (TPSA) is 93.0 Å². The van der Waals surface area contributed by atoms with Gasteiger partial charge in [-0.15, -0.1) is 11.8 Å². The Kier molecular flexibility index (Phi) is 6.77. The van der Waals surface area contributed by atoms with Crippen molar-refractivity contribution in [3.63, 3.8) is 0 Å². The van der Waals surface area contributed by atoms with Crippen molar-refractivity contribution < 1.29 is 19.2 Å². The molecule has 0 aromatic heterocycles. The number of carbonyl (C=O) groups excluding carboxylic acids is 2. The molecule has 2 aliphatic rings. The van der Waals surface area contributed by atoms with Gasteiger partial charge >= 0.3 is 5.97 Å². The van der Waals surface area contributed by atoms with E-state index in [1.54, 1.807) is 17.0 Å². The third-order valence-corrected chi connectivity index (χ3v) is 6.35. The SMILES string of the molecule is COC(=O)[C@@H]1CN(C(=O)c2ccc(N3CCCCCC3)c([N+](=O)[O-])c2)CCS1. The summed E-state index contributed by atoms with van der Waals surface area (Å²) < 4.78 is 4.77. The Balaban J connectivity index is 1.82. The largest absolute Gasteiger partial charge is 0.468 e. The Hall–Kier alpha value is -2.29. The zero-order chi connectivity index (χ0) is 20.1. The van der Waals surface area contributed by atoms with Gasteiger partial charge in [0.2, 0.25) is 0 Å². The lowest BCUT2D eigenvalue weighted by molar-refractivity contribution is -0.384. The first-order chi connectivity index (χ1) is 13.5. The van der Waals surface area contributed by atoms with Crippen LogP contribution in [0.15, 0.2) is 18.2 Å². The van der Waals surface area contributed by atoms with Crippen LogP contribution in [0.2, 0.25) is 0 Å². The number of esters is 1. The zero-order valence-electron chi connectivity index (χ0n) is 16.0. The Labute approximate surface area is 168 Å². The number of thioether (sulfide) groups is 1. The highest BCUT2D eigenvalue weighted by Gasteiger charge is 2.31. The van der Waals surface area contributed by atoms with Crippen LogP contribution in [0.5, 0.6) is 0 Å². The smallest absolute Gasteiger partial charge is 0.320 e. The fourth-order valence-corrected chi connectivity index (χ4v) is 4.80. The second-order valence-corrected chi connectivity index (χ2v) is 8.31. The minimum Gasteiger partial charge on any atom is -0.468 e. The molecule has 2 aliphatic heterocycles. The number of rotatable bonds is 4. The minimum absolute atomic E-state index is 0.0383. The molecule has 1 aromatic rings. The summed E-state index contributed by atoms with van der Waals surface area (Å²) in [7, 11) is 1.33. The highest BCUT2D eigenvalue weighted by molar-refractivity contribution is 8.00. The lowest BCUT2D eigenvalue weighted by Crippen LogP contribution is -2.45. The van der Waals surface area contributed by atoms with Gasteiger partial charge < -0.3 is 14.5 Å². The van der Waals surface area contributed by atoms with Gasteiger partial charge in [0.1, 0.15) is 10.9 Å². The highest BCUT2D eigenvalue weighted by atomic mass is 32.2. The summed E-state index contributed by atoms with van der Waals surface area (Å²) in [6, 6.07) is 4.72. The van der Waals surface area contributed by atoms with E-state index in [9.17, 15) is 19.7 Å². The molecule has 1 amide bonds. The van der Waals surface area contributed by atoms with Gasteiger partial charge in [-0.1, -0.05) is 12.8 Å². The predicted molar refractivity (Wildman–Crippen MR) is 108 cm³/mol. The maximum Gasteiger partial charge on any atom is 0.320 e. The lowest BCUT2D eigenvalue weighted by atomic mass is 10.1. The number of nitro benzene ring substituents is 1. The van der Waals surface area contributed by atoms with E-state index in [-0.39, 0.29) is 29.7 Å². The van der Waals surface area contributed by atoms with Crippen LogP contribution in [0.3, 0.4) is 0 Å². The van der Waals surface area contributed by atoms with E-state index in [2.05, 4.69) is 0 Å². The average Bonchev–Trinajstić information content (AvgIpc) is 3.01. The summed E-state index contributed by atoms with van der Waals surface area (Å²) in [5.41, 5.74) is 0.814. The van der Waals surface area contributed by atoms with E-state index < -0.39 is 10.2 Å². The molecule has 0 unspecified atom stereocenters. The van der Waals surface area contributed by atoms with Crippen molar-refractivity contribution in [3.05, 3.63) is 33.9 Å². The van der Waals surface area contributed by atoms with Gasteiger partial charge in [0.05, 0.1) is 12.0 Å². The maximum absolute atomic E-state index is 12.9. The van der Waals surface area contributed by atoms with Crippen LogP contribution < -0.4 is 4.90 Å². The van der Waals surface area contributed by atoms with Crippen molar-refractivity contribution in [2.75, 3.05) is 43.9 Å². The van der Waals surface area contributed by atoms with E-state index in [0.29, 0.717) is 18.0 Å². The minimum atomic E-state index is -0.422. The maximum atomic E-state index is 12.9. The third kappa shape index (κ3) is 4.57. The fraction of sp³-hybridized carbons (Fsp3) is 0.579. The van der Waals surface area contributed by atoms with Crippen molar-refractivity contribution in [2.45, 2.75) is 30.9 Å². The van der Waals surface area contributed by atoms with Crippen LogP contribution in [0, 0.1) is 10.1 Å². The molecule has 0 saturated carbocycles. The molecule has 3 rings (SSSR count). The summed E-state index contributed by atoms with van der Waals surface area (Å²) in [4.78, 5) is 39.6. The van der Waals surface area contributed by atoms with Gasteiger partial charge in [-0.2, -0.15) is 0 Å². The molecule has 0 aliphatic carbocycles. The number of carbonyl (C=O) groups is 2. The molecule has 2 heterocycles. The van der Waals surface area contributed by atoms with Crippen LogP contribution in [-0.4, -0.2) is 66.0 Å². The number of ether oxygens (including phenoxy) is 1. The summed E-state index contributed by atoms with van der Waals surface area (Å²) in [5.74, 6) is -0.0239. The molecule has 1 aromatic carbocycles. The molecule has 2 saturated heterocycles. The predicted octanol–water partition coefficient (Wildman–Crippen LogP) is 2.71. The Bertz CT molecular complexity index is 749. The monoisotopic (exact) mass is 407 g/mol. The van der Waals surface area contributed by atoms with Gasteiger partial charge in [0.25, 0.3) is 11.6 Å². The average molecular weight is 407 g/mol. The fourth-order valence-electron chi connectivity index (χ4n) is 3.67. The second-order valence-electron chi connectivity index (χ2n) is 7.00. The van der Waals surface area contributed by atoms with Gasteiger partial charge in [0, 0.05) is 43.6 Å². The van der Waals surface area contributed by atoms with E-state index in [4.69, 9.17) is 4.74 Å². The number of benzene rings is 1. The molecular formula is C19H25N3O5S. The van der Waals surface area contributed by atoms with Gasteiger partial charge in [-0.3, -0.25) is 19.7 Å². The van der Waals surface area contributed by atoms with Crippen molar-refractivity contribution in [2.24, 2.45) is 0 Å². The van der Waals surface area contributed by atoms with Crippen molar-refractivity contribution in [1.29, 1.82) is 0 Å². The van der Waals surface area contributed by atoms with Crippen molar-refractivity contribution >= 4 is 35.0 Å². The number of hydrogen-bond donors (Lipinski definition) is 0. The first kappa shape index (κ1) is 20.4. The summed E-state index contributed by atoms with van der Waals surface area (Å²) in [6.45, 7) is 2.33. The first-order valence-corrected chi connectivity index (χ1v) is 10.6. The molecule has 152 valence electrons. The third-order valence-electron chi connectivity index (χ3n) is 5.18. The number of methoxy groups -OCH3 is 1. The van der Waals surface area contributed by atoms with Gasteiger partial charge in [0.15, 0.2) is 0 Å². The Morgan fingerprint density at radius 1 is 1.18 bits per heavy atom. The standard InChI is InChI=1S/C19H25N3O5S/c1-27-19(24)17-13-21(10-11-28-17)18(23)14-6-7-15(16(12-14)22(25)26)20-8-4-2-3-5-9-20/h6-7,12,17H,2-5,8-11,13H2,1H3/t17-/m0/s1. The Morgan fingerprint density at radius 2 is 1.89 bits per heavy atom. The van der Waals surface area contributed by atoms with Crippen molar-refractivity contribution in [1.82, 2.24) is 4.90 Å². The van der Waals surface area contributed by atoms with Gasteiger partial charge in [-0.05, 0) is 25.0 Å². The number of amides is 1. The van der Waals surface area contributed by atoms with Crippen LogP contribution in [0.1, 0.15) is 36.0 Å². The van der Waals surface area contributed by atoms with Crippen LogP contribution in [0.4, 0.5) is 11.4 Å². The van der Waals surface area contributed by atoms with E-state index >= 15 is 0 Å². The molecule has 8 nitrogen and oxygen atoms in total. The van der Waals surface area contributed by atoms with Crippen LogP contribution in [0.25, 0.3) is 0 Å². The summed E-state index contributed by atoms with van der Waals surface area (Å²) in [6.07, 6.45) is 4.29. The highest BCUT2D eigenvalue weighted by Crippen LogP contribution is 2.32. The number of anilines is 1.